The quantitative estimate of drug-likeness (QED) is 0.470. The first-order chi connectivity index (χ1) is 6.14. The van der Waals surface area contributed by atoms with Gasteiger partial charge in [0.05, 0.1) is 5.41 Å². The highest BCUT2D eigenvalue weighted by Gasteiger charge is 2.27. The number of carbonyl (C=O) groups excluding carboxylic acids is 2. The third kappa shape index (κ3) is 3.57. The Bertz CT molecular complexity index is 171. The average molecular weight is 186 g/mol. The molecule has 0 aliphatic rings. The molecule has 0 bridgehead atoms. The van der Waals surface area contributed by atoms with Gasteiger partial charge in [0.1, 0.15) is 12.9 Å². The Balaban J connectivity index is 4.10. The minimum atomic E-state index is -0.467. The first-order valence-corrected chi connectivity index (χ1v) is 4.76. The molecule has 0 fully saturated rings. The summed E-state index contributed by atoms with van der Waals surface area (Å²) in [6.07, 6.45) is 2.69. The largest absolute Gasteiger partial charge is 0.465 e. The highest BCUT2D eigenvalue weighted by Crippen LogP contribution is 2.23. The van der Waals surface area contributed by atoms with Gasteiger partial charge in [-0.25, -0.2) is 0 Å². The highest BCUT2D eigenvalue weighted by molar-refractivity contribution is 5.69. The van der Waals surface area contributed by atoms with E-state index in [1.165, 1.54) is 0 Å². The van der Waals surface area contributed by atoms with E-state index in [1.54, 1.807) is 6.92 Å². The Morgan fingerprint density at radius 2 is 1.85 bits per heavy atom. The fraction of sp³-hybridized carbons (Fsp3) is 0.800. The van der Waals surface area contributed by atoms with Crippen LogP contribution in [0.25, 0.3) is 0 Å². The minimum Gasteiger partial charge on any atom is -0.465 e. The van der Waals surface area contributed by atoms with Crippen LogP contribution in [-0.2, 0) is 14.3 Å². The number of hydrogen-bond acceptors (Lipinski definition) is 3. The van der Waals surface area contributed by atoms with Crippen LogP contribution in [0.5, 0.6) is 0 Å². The normalized spacial score (nSPS) is 11.0. The van der Waals surface area contributed by atoms with Gasteiger partial charge < -0.3 is 9.53 Å². The van der Waals surface area contributed by atoms with Gasteiger partial charge >= 0.3 is 5.97 Å². The van der Waals surface area contributed by atoms with Crippen LogP contribution in [0.4, 0.5) is 0 Å². The summed E-state index contributed by atoms with van der Waals surface area (Å²) in [5, 5.41) is 0. The van der Waals surface area contributed by atoms with Gasteiger partial charge in [0.25, 0.3) is 0 Å². The van der Waals surface area contributed by atoms with E-state index in [1.807, 2.05) is 13.8 Å². The van der Waals surface area contributed by atoms with Crippen molar-refractivity contribution in [2.45, 2.75) is 40.0 Å². The zero-order valence-corrected chi connectivity index (χ0v) is 8.63. The maximum Gasteiger partial charge on any atom is 0.305 e. The van der Waals surface area contributed by atoms with E-state index in [2.05, 4.69) is 0 Å². The fourth-order valence-corrected chi connectivity index (χ4v) is 0.981. The molecule has 0 rings (SSSR count). The zero-order valence-electron chi connectivity index (χ0n) is 8.63. The fourth-order valence-electron chi connectivity index (χ4n) is 0.981. The number of carbonyl (C=O) groups is 2. The van der Waals surface area contributed by atoms with Crippen LogP contribution in [0.1, 0.15) is 40.0 Å². The summed E-state index contributed by atoms with van der Waals surface area (Å²) in [5.74, 6) is -0.242. The van der Waals surface area contributed by atoms with E-state index in [-0.39, 0.29) is 12.6 Å². The molecule has 0 aliphatic carbocycles. The second kappa shape index (κ2) is 5.73. The summed E-state index contributed by atoms with van der Waals surface area (Å²) in [6.45, 7) is 5.81. The molecular weight excluding hydrogens is 168 g/mol. The zero-order chi connectivity index (χ0) is 10.3. The summed E-state index contributed by atoms with van der Waals surface area (Å²) in [7, 11) is 0. The lowest BCUT2D eigenvalue weighted by atomic mass is 9.85. The highest BCUT2D eigenvalue weighted by atomic mass is 16.5. The summed E-state index contributed by atoms with van der Waals surface area (Å²) in [4.78, 5) is 21.7. The van der Waals surface area contributed by atoms with Crippen LogP contribution in [-0.4, -0.2) is 18.9 Å². The van der Waals surface area contributed by atoms with Crippen molar-refractivity contribution >= 4 is 12.3 Å². The topological polar surface area (TPSA) is 43.4 Å². The lowest BCUT2D eigenvalue weighted by molar-refractivity contribution is -0.148. The second-order valence-electron chi connectivity index (χ2n) is 3.20. The smallest absolute Gasteiger partial charge is 0.305 e. The Morgan fingerprint density at radius 1 is 1.31 bits per heavy atom. The molecule has 0 radical (unpaired) electrons. The number of ether oxygens (including phenoxy) is 1. The predicted molar refractivity (Wildman–Crippen MR) is 50.3 cm³/mol. The van der Waals surface area contributed by atoms with Gasteiger partial charge in [-0.15, -0.1) is 0 Å². The molecule has 13 heavy (non-hydrogen) atoms. The maximum absolute atomic E-state index is 10.9. The lowest BCUT2D eigenvalue weighted by Crippen LogP contribution is -2.28. The molecular formula is C10H18O3. The predicted octanol–water partition coefficient (Wildman–Crippen LogP) is 1.94. The van der Waals surface area contributed by atoms with Gasteiger partial charge in [-0.2, -0.15) is 0 Å². The monoisotopic (exact) mass is 186 g/mol. The van der Waals surface area contributed by atoms with Crippen LogP contribution in [0.15, 0.2) is 0 Å². The van der Waals surface area contributed by atoms with Crippen LogP contribution in [0.3, 0.4) is 0 Å². The molecule has 0 atom stereocenters. The van der Waals surface area contributed by atoms with Gasteiger partial charge in [-0.1, -0.05) is 20.8 Å². The van der Waals surface area contributed by atoms with Gasteiger partial charge in [-0.05, 0) is 12.8 Å². The molecule has 0 saturated carbocycles. The average Bonchev–Trinajstić information content (AvgIpc) is 2.20. The van der Waals surface area contributed by atoms with E-state index in [0.29, 0.717) is 19.3 Å². The van der Waals surface area contributed by atoms with E-state index in [4.69, 9.17) is 4.74 Å². The SMILES string of the molecule is CCC(=O)OCC(C=O)(CC)CC. The molecule has 0 saturated heterocycles. The molecule has 0 unspecified atom stereocenters. The molecule has 0 N–H and O–H groups in total. The molecule has 0 heterocycles. The van der Waals surface area contributed by atoms with Crippen LogP contribution < -0.4 is 0 Å². The molecule has 0 amide bonds. The number of rotatable bonds is 6. The lowest BCUT2D eigenvalue weighted by Gasteiger charge is -2.23. The summed E-state index contributed by atoms with van der Waals surface area (Å²) in [6, 6.07) is 0. The summed E-state index contributed by atoms with van der Waals surface area (Å²) >= 11 is 0. The van der Waals surface area contributed by atoms with Gasteiger partial charge in [0, 0.05) is 6.42 Å². The summed E-state index contributed by atoms with van der Waals surface area (Å²) < 4.78 is 4.96. The van der Waals surface area contributed by atoms with Gasteiger partial charge in [0.15, 0.2) is 0 Å². The second-order valence-corrected chi connectivity index (χ2v) is 3.20. The first kappa shape index (κ1) is 12.1. The van der Waals surface area contributed by atoms with Crippen molar-refractivity contribution in [3.63, 3.8) is 0 Å². The Morgan fingerprint density at radius 3 is 2.15 bits per heavy atom. The number of esters is 1. The van der Waals surface area contributed by atoms with Crippen LogP contribution in [0.2, 0.25) is 0 Å². The Labute approximate surface area is 79.5 Å². The summed E-state index contributed by atoms with van der Waals surface area (Å²) in [5.41, 5.74) is -0.467. The Kier molecular flexibility index (Phi) is 5.35. The standard InChI is InChI=1S/C10H18O3/c1-4-9(12)13-8-10(5-2,6-3)7-11/h7H,4-6,8H2,1-3H3. The van der Waals surface area contributed by atoms with E-state index in [9.17, 15) is 9.59 Å². The van der Waals surface area contributed by atoms with E-state index >= 15 is 0 Å². The molecule has 0 aromatic carbocycles. The van der Waals surface area contributed by atoms with Crippen molar-refractivity contribution in [1.82, 2.24) is 0 Å². The van der Waals surface area contributed by atoms with Crippen LogP contribution >= 0.6 is 0 Å². The van der Waals surface area contributed by atoms with Gasteiger partial charge in [-0.3, -0.25) is 4.79 Å². The van der Waals surface area contributed by atoms with Crippen molar-refractivity contribution in [3.05, 3.63) is 0 Å². The molecule has 3 heteroatoms. The molecule has 76 valence electrons. The van der Waals surface area contributed by atoms with Crippen molar-refractivity contribution in [2.24, 2.45) is 5.41 Å². The molecule has 3 nitrogen and oxygen atoms in total. The van der Waals surface area contributed by atoms with Crippen molar-refractivity contribution in [1.29, 1.82) is 0 Å². The molecule has 0 aromatic heterocycles. The number of hydrogen-bond donors (Lipinski definition) is 0. The maximum atomic E-state index is 10.9. The minimum absolute atomic E-state index is 0.218. The molecule has 0 aromatic rings. The van der Waals surface area contributed by atoms with Gasteiger partial charge in [0.2, 0.25) is 0 Å². The first-order valence-electron chi connectivity index (χ1n) is 4.76. The Hall–Kier alpha value is -0.860. The van der Waals surface area contributed by atoms with E-state index < -0.39 is 5.41 Å². The third-order valence-electron chi connectivity index (χ3n) is 2.47. The third-order valence-corrected chi connectivity index (χ3v) is 2.47. The van der Waals surface area contributed by atoms with Crippen LogP contribution in [0, 0.1) is 5.41 Å². The number of aldehydes is 1. The molecule has 0 spiro atoms. The van der Waals surface area contributed by atoms with Crippen molar-refractivity contribution < 1.29 is 14.3 Å². The molecule has 0 aliphatic heterocycles. The van der Waals surface area contributed by atoms with Crippen molar-refractivity contribution in [3.8, 4) is 0 Å². The van der Waals surface area contributed by atoms with Crippen molar-refractivity contribution in [2.75, 3.05) is 6.61 Å². The van der Waals surface area contributed by atoms with E-state index in [0.717, 1.165) is 6.29 Å².